The quantitative estimate of drug-likeness (QED) is 0.484. The molecule has 0 fully saturated rings. The molecule has 15 heavy (non-hydrogen) atoms. The van der Waals surface area contributed by atoms with E-state index in [1.807, 2.05) is 0 Å². The number of rotatable bonds is 3. The number of hydrogen-bond donors (Lipinski definition) is 0. The minimum Gasteiger partial charge on any atom is -0.258 e. The van der Waals surface area contributed by atoms with Crippen LogP contribution in [0.3, 0.4) is 0 Å². The highest BCUT2D eigenvalue weighted by Gasteiger charge is 2.17. The Bertz CT molecular complexity index is 497. The lowest BCUT2D eigenvalue weighted by molar-refractivity contribution is -0.385. The number of benzene rings is 1. The Labute approximate surface area is 95.3 Å². The van der Waals surface area contributed by atoms with E-state index in [4.69, 9.17) is 0 Å². The van der Waals surface area contributed by atoms with Gasteiger partial charge in [-0.15, -0.1) is 0 Å². The van der Waals surface area contributed by atoms with Gasteiger partial charge < -0.3 is 0 Å². The van der Waals surface area contributed by atoms with E-state index in [0.717, 1.165) is 12.3 Å². The second-order valence-corrected chi connectivity index (χ2v) is 5.50. The van der Waals surface area contributed by atoms with Gasteiger partial charge in [0.15, 0.2) is 9.84 Å². The monoisotopic (exact) mass is 293 g/mol. The Hall–Kier alpha value is -0.950. The van der Waals surface area contributed by atoms with Gasteiger partial charge in [0, 0.05) is 23.7 Å². The maximum Gasteiger partial charge on any atom is 0.270 e. The van der Waals surface area contributed by atoms with Crippen LogP contribution in [0.4, 0.5) is 5.69 Å². The van der Waals surface area contributed by atoms with E-state index < -0.39 is 14.8 Å². The number of nitrogens with zero attached hydrogens (tertiary/aromatic N) is 1. The van der Waals surface area contributed by atoms with Gasteiger partial charge in [0.25, 0.3) is 5.69 Å². The van der Waals surface area contributed by atoms with E-state index in [9.17, 15) is 18.5 Å². The van der Waals surface area contributed by atoms with E-state index in [-0.39, 0.29) is 10.6 Å². The molecule has 0 saturated heterocycles. The van der Waals surface area contributed by atoms with E-state index in [1.165, 1.54) is 12.1 Å². The Kier molecular flexibility index (Phi) is 3.46. The summed E-state index contributed by atoms with van der Waals surface area (Å²) >= 11 is 3.13. The molecule has 0 unspecified atom stereocenters. The van der Waals surface area contributed by atoms with Crippen LogP contribution in [-0.2, 0) is 15.2 Å². The summed E-state index contributed by atoms with van der Waals surface area (Å²) in [5, 5.41) is 10.8. The molecule has 7 heteroatoms. The van der Waals surface area contributed by atoms with Gasteiger partial charge in [-0.2, -0.15) is 0 Å². The number of nitro benzene ring substituents is 1. The van der Waals surface area contributed by atoms with Crippen molar-refractivity contribution in [3.63, 3.8) is 0 Å². The second kappa shape index (κ2) is 4.28. The van der Waals surface area contributed by atoms with Crippen molar-refractivity contribution >= 4 is 31.5 Å². The fraction of sp³-hybridized carbons (Fsp3) is 0.250. The maximum absolute atomic E-state index is 11.3. The molecule has 82 valence electrons. The van der Waals surface area contributed by atoms with Crippen LogP contribution in [0.5, 0.6) is 0 Å². The van der Waals surface area contributed by atoms with Crippen molar-refractivity contribution in [2.45, 2.75) is 10.2 Å². The van der Waals surface area contributed by atoms with Gasteiger partial charge in [0.2, 0.25) is 0 Å². The second-order valence-electron chi connectivity index (χ2n) is 2.95. The van der Waals surface area contributed by atoms with Crippen molar-refractivity contribution in [3.8, 4) is 0 Å². The van der Waals surface area contributed by atoms with E-state index in [2.05, 4.69) is 15.9 Å². The molecule has 0 aromatic heterocycles. The Balaban J connectivity index is 3.46. The van der Waals surface area contributed by atoms with Gasteiger partial charge >= 0.3 is 0 Å². The third-order valence-corrected chi connectivity index (χ3v) is 3.59. The largest absolute Gasteiger partial charge is 0.270 e. The lowest BCUT2D eigenvalue weighted by Crippen LogP contribution is -2.02. The van der Waals surface area contributed by atoms with Crippen LogP contribution in [0.1, 0.15) is 5.56 Å². The predicted molar refractivity (Wildman–Crippen MR) is 58.8 cm³/mol. The van der Waals surface area contributed by atoms with Crippen molar-refractivity contribution in [2.75, 3.05) is 6.26 Å². The molecular formula is C8H8BrNO4S. The molecule has 5 nitrogen and oxygen atoms in total. The minimum atomic E-state index is -3.44. The molecule has 0 atom stereocenters. The van der Waals surface area contributed by atoms with Gasteiger partial charge in [-0.05, 0) is 5.56 Å². The summed E-state index contributed by atoms with van der Waals surface area (Å²) in [6.07, 6.45) is 1.03. The fourth-order valence-corrected chi connectivity index (χ4v) is 2.74. The minimum absolute atomic E-state index is 0.00595. The third kappa shape index (κ3) is 2.75. The van der Waals surface area contributed by atoms with Crippen molar-refractivity contribution < 1.29 is 13.3 Å². The average molecular weight is 294 g/mol. The van der Waals surface area contributed by atoms with Crippen LogP contribution in [0, 0.1) is 10.1 Å². The summed E-state index contributed by atoms with van der Waals surface area (Å²) in [7, 11) is -3.44. The molecule has 0 heterocycles. The number of hydrogen-bond acceptors (Lipinski definition) is 4. The molecule has 0 spiro atoms. The lowest BCUT2D eigenvalue weighted by Gasteiger charge is -2.04. The van der Waals surface area contributed by atoms with Gasteiger partial charge in [0.05, 0.1) is 9.82 Å². The predicted octanol–water partition coefficient (Wildman–Crippen LogP) is 1.89. The molecule has 0 saturated carbocycles. The number of sulfone groups is 1. The zero-order valence-electron chi connectivity index (χ0n) is 7.81. The molecule has 0 N–H and O–H groups in total. The van der Waals surface area contributed by atoms with Crippen LogP contribution in [-0.4, -0.2) is 19.6 Å². The molecule has 0 aliphatic heterocycles. The van der Waals surface area contributed by atoms with E-state index in [1.54, 1.807) is 0 Å². The molecule has 1 aromatic carbocycles. The molecule has 0 radical (unpaired) electrons. The average Bonchev–Trinajstić information content (AvgIpc) is 2.15. The molecule has 1 rings (SSSR count). The van der Waals surface area contributed by atoms with Crippen molar-refractivity contribution in [2.24, 2.45) is 0 Å². The van der Waals surface area contributed by atoms with Crippen LogP contribution in [0.25, 0.3) is 0 Å². The van der Waals surface area contributed by atoms with Crippen LogP contribution in [0.2, 0.25) is 0 Å². The number of halogens is 1. The van der Waals surface area contributed by atoms with E-state index in [0.29, 0.717) is 10.9 Å². The van der Waals surface area contributed by atoms with E-state index >= 15 is 0 Å². The topological polar surface area (TPSA) is 77.3 Å². The van der Waals surface area contributed by atoms with Crippen molar-refractivity contribution in [1.82, 2.24) is 0 Å². The molecule has 0 aliphatic carbocycles. The third-order valence-electron chi connectivity index (χ3n) is 1.81. The summed E-state index contributed by atoms with van der Waals surface area (Å²) in [5.74, 6) is 0. The number of alkyl halides is 1. The zero-order valence-corrected chi connectivity index (χ0v) is 10.2. The van der Waals surface area contributed by atoms with Gasteiger partial charge in [-0.1, -0.05) is 22.0 Å². The van der Waals surface area contributed by atoms with Gasteiger partial charge in [0.1, 0.15) is 0 Å². The first kappa shape index (κ1) is 12.1. The molecule has 0 amide bonds. The first-order chi connectivity index (χ1) is 6.86. The molecular weight excluding hydrogens is 286 g/mol. The first-order valence-corrected chi connectivity index (χ1v) is 6.91. The smallest absolute Gasteiger partial charge is 0.258 e. The Morgan fingerprint density at radius 3 is 2.47 bits per heavy atom. The summed E-state index contributed by atoms with van der Waals surface area (Å²) in [5.41, 5.74) is 0.295. The lowest BCUT2D eigenvalue weighted by atomic mass is 10.2. The standard InChI is InChI=1S/C8H8BrNO4S/c1-15(13,14)8-4-7(10(11)12)3-2-6(8)5-9/h2-4H,5H2,1H3. The van der Waals surface area contributed by atoms with Crippen LogP contribution < -0.4 is 0 Å². The highest BCUT2D eigenvalue weighted by molar-refractivity contribution is 9.08. The zero-order chi connectivity index (χ0) is 11.6. The molecule has 0 aliphatic rings. The molecule has 1 aromatic rings. The fourth-order valence-electron chi connectivity index (χ4n) is 1.11. The normalized spacial score (nSPS) is 11.3. The highest BCUT2D eigenvalue weighted by Crippen LogP contribution is 2.23. The highest BCUT2D eigenvalue weighted by atomic mass is 79.9. The summed E-state index contributed by atoms with van der Waals surface area (Å²) in [6, 6.07) is 3.79. The SMILES string of the molecule is CS(=O)(=O)c1cc([N+](=O)[O-])ccc1CBr. The summed E-state index contributed by atoms with van der Waals surface area (Å²) in [4.78, 5) is 9.85. The Morgan fingerprint density at radius 2 is 2.07 bits per heavy atom. The van der Waals surface area contributed by atoms with Gasteiger partial charge in [-0.25, -0.2) is 8.42 Å². The molecule has 0 bridgehead atoms. The van der Waals surface area contributed by atoms with Gasteiger partial charge in [-0.3, -0.25) is 10.1 Å². The van der Waals surface area contributed by atoms with Crippen LogP contribution >= 0.6 is 15.9 Å². The maximum atomic E-state index is 11.3. The number of nitro groups is 1. The Morgan fingerprint density at radius 1 is 1.47 bits per heavy atom. The van der Waals surface area contributed by atoms with Crippen LogP contribution in [0.15, 0.2) is 23.1 Å². The number of non-ortho nitro benzene ring substituents is 1. The van der Waals surface area contributed by atoms with Crippen molar-refractivity contribution in [3.05, 3.63) is 33.9 Å². The summed E-state index contributed by atoms with van der Waals surface area (Å²) in [6.45, 7) is 0. The van der Waals surface area contributed by atoms with Crippen molar-refractivity contribution in [1.29, 1.82) is 0 Å². The first-order valence-electron chi connectivity index (χ1n) is 3.89. The summed E-state index contributed by atoms with van der Waals surface area (Å²) < 4.78 is 22.7.